The van der Waals surface area contributed by atoms with Gasteiger partial charge in [-0.1, -0.05) is 36.4 Å². The Morgan fingerprint density at radius 1 is 1.11 bits per heavy atom. The zero-order valence-corrected chi connectivity index (χ0v) is 17.2. The normalized spacial score (nSPS) is 16.8. The third kappa shape index (κ3) is 3.82. The molecule has 0 spiro atoms. The largest absolute Gasteiger partial charge is 0.348 e. The standard InChI is InChI=1S/C23H26N4S/c1-17-24-22-11-12-26(14-18-6-3-2-4-7-18)16-21(22)23(25-17)27(19-9-10-19)15-20-8-5-13-28-20/h2-8,13,19H,9-12,14-16H2,1H3. The van der Waals surface area contributed by atoms with E-state index in [0.29, 0.717) is 6.04 Å². The minimum Gasteiger partial charge on any atom is -0.348 e. The summed E-state index contributed by atoms with van der Waals surface area (Å²) in [5, 5.41) is 2.17. The van der Waals surface area contributed by atoms with Crippen LogP contribution in [-0.4, -0.2) is 27.5 Å². The van der Waals surface area contributed by atoms with Crippen LogP contribution < -0.4 is 4.90 Å². The van der Waals surface area contributed by atoms with Gasteiger partial charge in [-0.05, 0) is 36.8 Å². The molecule has 1 aliphatic heterocycles. The second kappa shape index (κ2) is 7.64. The number of thiophene rings is 1. The maximum absolute atomic E-state index is 4.96. The Kier molecular flexibility index (Phi) is 4.87. The first-order valence-corrected chi connectivity index (χ1v) is 11.1. The number of aromatic nitrogens is 2. The number of fused-ring (bicyclic) bond motifs is 1. The molecule has 3 heterocycles. The van der Waals surface area contributed by atoms with E-state index in [1.807, 2.05) is 18.3 Å². The highest BCUT2D eigenvalue weighted by Crippen LogP contribution is 2.37. The van der Waals surface area contributed by atoms with Gasteiger partial charge in [0.25, 0.3) is 0 Å². The van der Waals surface area contributed by atoms with E-state index in [2.05, 4.69) is 57.6 Å². The highest BCUT2D eigenvalue weighted by atomic mass is 32.1. The Morgan fingerprint density at radius 2 is 1.96 bits per heavy atom. The quantitative estimate of drug-likeness (QED) is 0.617. The number of rotatable bonds is 6. The van der Waals surface area contributed by atoms with Crippen molar-refractivity contribution in [1.29, 1.82) is 0 Å². The predicted molar refractivity (Wildman–Crippen MR) is 115 cm³/mol. The highest BCUT2D eigenvalue weighted by molar-refractivity contribution is 7.09. The van der Waals surface area contributed by atoms with Gasteiger partial charge in [0.1, 0.15) is 11.6 Å². The van der Waals surface area contributed by atoms with E-state index in [4.69, 9.17) is 9.97 Å². The molecular formula is C23H26N4S. The molecule has 0 radical (unpaired) electrons. The fourth-order valence-electron chi connectivity index (χ4n) is 4.12. The van der Waals surface area contributed by atoms with Gasteiger partial charge in [-0.15, -0.1) is 11.3 Å². The lowest BCUT2D eigenvalue weighted by atomic mass is 10.0. The van der Waals surface area contributed by atoms with Crippen LogP contribution in [0.3, 0.4) is 0 Å². The van der Waals surface area contributed by atoms with E-state index >= 15 is 0 Å². The fraction of sp³-hybridized carbons (Fsp3) is 0.391. The highest BCUT2D eigenvalue weighted by Gasteiger charge is 2.34. The van der Waals surface area contributed by atoms with Gasteiger partial charge in [-0.25, -0.2) is 9.97 Å². The van der Waals surface area contributed by atoms with E-state index in [1.54, 1.807) is 0 Å². The molecule has 0 amide bonds. The maximum Gasteiger partial charge on any atom is 0.137 e. The first-order chi connectivity index (χ1) is 13.8. The predicted octanol–water partition coefficient (Wildman–Crippen LogP) is 4.57. The van der Waals surface area contributed by atoms with Crippen LogP contribution in [-0.2, 0) is 26.1 Å². The van der Waals surface area contributed by atoms with Crippen molar-refractivity contribution >= 4 is 17.2 Å². The van der Waals surface area contributed by atoms with Crippen LogP contribution in [0.15, 0.2) is 47.8 Å². The molecule has 0 N–H and O–H groups in total. The first kappa shape index (κ1) is 17.8. The summed E-state index contributed by atoms with van der Waals surface area (Å²) in [6, 6.07) is 15.8. The summed E-state index contributed by atoms with van der Waals surface area (Å²) < 4.78 is 0. The van der Waals surface area contributed by atoms with Crippen molar-refractivity contribution in [3.05, 3.63) is 75.4 Å². The van der Waals surface area contributed by atoms with Gasteiger partial charge in [0.2, 0.25) is 0 Å². The molecule has 0 atom stereocenters. The maximum atomic E-state index is 4.96. The van der Waals surface area contributed by atoms with Crippen LogP contribution in [0.4, 0.5) is 5.82 Å². The number of aryl methyl sites for hydroxylation is 1. The minimum absolute atomic E-state index is 0.630. The molecule has 28 heavy (non-hydrogen) atoms. The lowest BCUT2D eigenvalue weighted by Gasteiger charge is -2.33. The monoisotopic (exact) mass is 390 g/mol. The number of hydrogen-bond donors (Lipinski definition) is 0. The second-order valence-corrected chi connectivity index (χ2v) is 8.94. The number of benzene rings is 1. The van der Waals surface area contributed by atoms with Crippen LogP contribution >= 0.6 is 11.3 Å². The average molecular weight is 391 g/mol. The summed E-state index contributed by atoms with van der Waals surface area (Å²) in [7, 11) is 0. The Hall–Kier alpha value is -2.24. The molecule has 2 aliphatic rings. The third-order valence-electron chi connectivity index (χ3n) is 5.64. The van der Waals surface area contributed by atoms with Gasteiger partial charge < -0.3 is 4.90 Å². The molecule has 144 valence electrons. The molecule has 2 aromatic heterocycles. The van der Waals surface area contributed by atoms with E-state index < -0.39 is 0 Å². The molecule has 1 fully saturated rings. The molecular weight excluding hydrogens is 364 g/mol. The number of nitrogens with zero attached hydrogens (tertiary/aromatic N) is 4. The van der Waals surface area contributed by atoms with Gasteiger partial charge >= 0.3 is 0 Å². The summed E-state index contributed by atoms with van der Waals surface area (Å²) in [5.41, 5.74) is 3.97. The van der Waals surface area contributed by atoms with Crippen molar-refractivity contribution in [3.63, 3.8) is 0 Å². The summed E-state index contributed by atoms with van der Waals surface area (Å²) in [5.74, 6) is 2.08. The molecule has 1 aromatic carbocycles. The summed E-state index contributed by atoms with van der Waals surface area (Å²) >= 11 is 1.84. The van der Waals surface area contributed by atoms with Gasteiger partial charge in [0.05, 0.1) is 12.2 Å². The van der Waals surface area contributed by atoms with E-state index in [1.165, 1.54) is 40.4 Å². The molecule has 0 unspecified atom stereocenters. The molecule has 3 aromatic rings. The van der Waals surface area contributed by atoms with Crippen LogP contribution in [0.5, 0.6) is 0 Å². The lowest BCUT2D eigenvalue weighted by Crippen LogP contribution is -2.35. The van der Waals surface area contributed by atoms with Gasteiger partial charge in [-0.2, -0.15) is 0 Å². The Balaban J connectivity index is 1.45. The van der Waals surface area contributed by atoms with E-state index in [-0.39, 0.29) is 0 Å². The molecule has 1 aliphatic carbocycles. The molecule has 0 saturated heterocycles. The van der Waals surface area contributed by atoms with Crippen molar-refractivity contribution in [3.8, 4) is 0 Å². The molecule has 5 heteroatoms. The molecule has 4 nitrogen and oxygen atoms in total. The third-order valence-corrected chi connectivity index (χ3v) is 6.51. The van der Waals surface area contributed by atoms with Crippen molar-refractivity contribution < 1.29 is 0 Å². The van der Waals surface area contributed by atoms with Gasteiger partial charge in [0, 0.05) is 42.5 Å². The zero-order valence-electron chi connectivity index (χ0n) is 16.3. The van der Waals surface area contributed by atoms with Gasteiger partial charge in [-0.3, -0.25) is 4.90 Å². The number of hydrogen-bond acceptors (Lipinski definition) is 5. The summed E-state index contributed by atoms with van der Waals surface area (Å²) in [6.45, 7) is 5.99. The van der Waals surface area contributed by atoms with Crippen molar-refractivity contribution in [2.75, 3.05) is 11.4 Å². The Bertz CT molecular complexity index is 935. The van der Waals surface area contributed by atoms with E-state index in [9.17, 15) is 0 Å². The topological polar surface area (TPSA) is 32.3 Å². The fourth-order valence-corrected chi connectivity index (χ4v) is 4.82. The van der Waals surface area contributed by atoms with E-state index in [0.717, 1.165) is 38.4 Å². The zero-order chi connectivity index (χ0) is 18.9. The summed E-state index contributed by atoms with van der Waals surface area (Å²) in [4.78, 5) is 16.3. The van der Waals surface area contributed by atoms with Crippen molar-refractivity contribution in [2.24, 2.45) is 0 Å². The average Bonchev–Trinajstić information content (AvgIpc) is 3.42. The molecule has 1 saturated carbocycles. The van der Waals surface area contributed by atoms with Gasteiger partial charge in [0.15, 0.2) is 0 Å². The SMILES string of the molecule is Cc1nc2c(c(N(Cc3cccs3)C3CC3)n1)CN(Cc1ccccc1)CC2. The summed E-state index contributed by atoms with van der Waals surface area (Å²) in [6.07, 6.45) is 3.56. The Labute approximate surface area is 170 Å². The minimum atomic E-state index is 0.630. The number of anilines is 1. The Morgan fingerprint density at radius 3 is 2.71 bits per heavy atom. The van der Waals surface area contributed by atoms with Crippen LogP contribution in [0.2, 0.25) is 0 Å². The molecule has 5 rings (SSSR count). The van der Waals surface area contributed by atoms with Crippen molar-refractivity contribution in [1.82, 2.24) is 14.9 Å². The van der Waals surface area contributed by atoms with Crippen LogP contribution in [0.1, 0.15) is 40.4 Å². The first-order valence-electron chi connectivity index (χ1n) is 10.2. The second-order valence-electron chi connectivity index (χ2n) is 7.90. The van der Waals surface area contributed by atoms with Crippen LogP contribution in [0.25, 0.3) is 0 Å². The van der Waals surface area contributed by atoms with Crippen LogP contribution in [0, 0.1) is 6.92 Å². The smallest absolute Gasteiger partial charge is 0.137 e. The van der Waals surface area contributed by atoms with Crippen molar-refractivity contribution in [2.45, 2.75) is 51.9 Å². The lowest BCUT2D eigenvalue weighted by molar-refractivity contribution is 0.243. The molecule has 0 bridgehead atoms.